The second-order valence-electron chi connectivity index (χ2n) is 7.05. The summed E-state index contributed by atoms with van der Waals surface area (Å²) in [6.07, 6.45) is 0. The Bertz CT molecular complexity index is 1050. The number of hydrogen-bond donors (Lipinski definition) is 1. The van der Waals surface area contributed by atoms with Crippen molar-refractivity contribution in [2.24, 2.45) is 0 Å². The molecule has 0 aliphatic carbocycles. The lowest BCUT2D eigenvalue weighted by Gasteiger charge is -2.21. The lowest BCUT2D eigenvalue weighted by molar-refractivity contribution is -0.123. The molecule has 4 rings (SSSR count). The highest BCUT2D eigenvalue weighted by molar-refractivity contribution is 5.78. The molecule has 30 heavy (non-hydrogen) atoms. The first kappa shape index (κ1) is 19.7. The van der Waals surface area contributed by atoms with Gasteiger partial charge in [0.2, 0.25) is 5.88 Å². The van der Waals surface area contributed by atoms with Crippen LogP contribution in [0.5, 0.6) is 17.4 Å². The molecule has 1 aliphatic rings. The normalized spacial score (nSPS) is 13.6. The van der Waals surface area contributed by atoms with Crippen molar-refractivity contribution in [3.8, 4) is 23.2 Å². The number of benzene rings is 1. The third-order valence-corrected chi connectivity index (χ3v) is 4.65. The van der Waals surface area contributed by atoms with E-state index in [1.54, 1.807) is 16.8 Å². The average molecular weight is 409 g/mol. The molecular formula is C21H23N5O4. The van der Waals surface area contributed by atoms with Crippen LogP contribution in [0.4, 0.5) is 0 Å². The van der Waals surface area contributed by atoms with Crippen LogP contribution in [0, 0.1) is 13.8 Å². The van der Waals surface area contributed by atoms with E-state index in [1.807, 2.05) is 45.0 Å². The molecule has 0 spiro atoms. The predicted octanol–water partition coefficient (Wildman–Crippen LogP) is 2.31. The fraction of sp³-hybridized carbons (Fsp3) is 0.333. The number of carbonyl (C=O) groups excluding carboxylic acids is 1. The van der Waals surface area contributed by atoms with Crippen LogP contribution in [0.3, 0.4) is 0 Å². The maximum Gasteiger partial charge on any atom is 0.258 e. The molecule has 0 bridgehead atoms. The molecule has 0 fully saturated rings. The molecule has 9 heteroatoms. The second kappa shape index (κ2) is 8.40. The van der Waals surface area contributed by atoms with Gasteiger partial charge in [-0.3, -0.25) is 4.79 Å². The summed E-state index contributed by atoms with van der Waals surface area (Å²) >= 11 is 0. The third-order valence-electron chi connectivity index (χ3n) is 4.65. The van der Waals surface area contributed by atoms with E-state index in [1.165, 1.54) is 0 Å². The Labute approximate surface area is 174 Å². The summed E-state index contributed by atoms with van der Waals surface area (Å²) in [4.78, 5) is 12.3. The van der Waals surface area contributed by atoms with Gasteiger partial charge in [-0.2, -0.15) is 5.10 Å². The van der Waals surface area contributed by atoms with Crippen LogP contribution in [-0.4, -0.2) is 45.7 Å². The molecule has 9 nitrogen and oxygen atoms in total. The van der Waals surface area contributed by atoms with E-state index in [4.69, 9.17) is 14.2 Å². The van der Waals surface area contributed by atoms with Gasteiger partial charge in [-0.1, -0.05) is 6.07 Å². The van der Waals surface area contributed by atoms with Crippen LogP contribution in [-0.2, 0) is 4.79 Å². The molecular weight excluding hydrogens is 386 g/mol. The van der Waals surface area contributed by atoms with Crippen LogP contribution < -0.4 is 19.5 Å². The van der Waals surface area contributed by atoms with Gasteiger partial charge in [-0.25, -0.2) is 4.68 Å². The minimum absolute atomic E-state index is 0.164. The molecule has 0 saturated heterocycles. The Morgan fingerprint density at radius 1 is 1.13 bits per heavy atom. The van der Waals surface area contributed by atoms with Crippen LogP contribution in [0.25, 0.3) is 5.82 Å². The quantitative estimate of drug-likeness (QED) is 0.667. The van der Waals surface area contributed by atoms with E-state index in [9.17, 15) is 4.79 Å². The summed E-state index contributed by atoms with van der Waals surface area (Å²) in [6, 6.07) is 10.8. The highest BCUT2D eigenvalue weighted by Gasteiger charge is 2.16. The summed E-state index contributed by atoms with van der Waals surface area (Å²) in [5.41, 5.74) is 2.78. The van der Waals surface area contributed by atoms with E-state index < -0.39 is 0 Å². The van der Waals surface area contributed by atoms with Gasteiger partial charge in [0.05, 0.1) is 11.7 Å². The number of ether oxygens (including phenoxy) is 3. The molecule has 156 valence electrons. The molecule has 1 aromatic carbocycles. The van der Waals surface area contributed by atoms with Crippen molar-refractivity contribution in [2.75, 3.05) is 19.8 Å². The Balaban J connectivity index is 1.32. The molecule has 1 atom stereocenters. The topological polar surface area (TPSA) is 100 Å². The number of nitrogens with zero attached hydrogens (tertiary/aromatic N) is 4. The Morgan fingerprint density at radius 2 is 1.93 bits per heavy atom. The van der Waals surface area contributed by atoms with Crippen molar-refractivity contribution in [1.29, 1.82) is 0 Å². The molecule has 1 amide bonds. The van der Waals surface area contributed by atoms with Crippen molar-refractivity contribution in [1.82, 2.24) is 25.3 Å². The van der Waals surface area contributed by atoms with E-state index in [0.29, 0.717) is 30.5 Å². The van der Waals surface area contributed by atoms with Gasteiger partial charge >= 0.3 is 0 Å². The van der Waals surface area contributed by atoms with Crippen LogP contribution in [0.15, 0.2) is 36.4 Å². The summed E-state index contributed by atoms with van der Waals surface area (Å²) in [5.74, 6) is 2.00. The molecule has 1 N–H and O–H groups in total. The van der Waals surface area contributed by atoms with Crippen LogP contribution in [0.2, 0.25) is 0 Å². The highest BCUT2D eigenvalue weighted by atomic mass is 16.6. The number of amides is 1. The molecule has 3 heterocycles. The van der Waals surface area contributed by atoms with E-state index in [2.05, 4.69) is 20.6 Å². The lowest BCUT2D eigenvalue weighted by atomic mass is 10.1. The summed E-state index contributed by atoms with van der Waals surface area (Å²) in [5, 5.41) is 15.4. The Hall–Kier alpha value is -3.62. The fourth-order valence-electron chi connectivity index (χ4n) is 3.20. The van der Waals surface area contributed by atoms with Gasteiger partial charge < -0.3 is 19.5 Å². The van der Waals surface area contributed by atoms with E-state index in [-0.39, 0.29) is 24.4 Å². The summed E-state index contributed by atoms with van der Waals surface area (Å²) < 4.78 is 18.3. The Morgan fingerprint density at radius 3 is 2.63 bits per heavy atom. The number of aromatic nitrogens is 4. The maximum absolute atomic E-state index is 12.3. The zero-order valence-electron chi connectivity index (χ0n) is 17.1. The summed E-state index contributed by atoms with van der Waals surface area (Å²) in [7, 11) is 0. The number of hydrogen-bond acceptors (Lipinski definition) is 7. The monoisotopic (exact) mass is 409 g/mol. The fourth-order valence-corrected chi connectivity index (χ4v) is 3.20. The largest absolute Gasteiger partial charge is 0.486 e. The average Bonchev–Trinajstić information content (AvgIpc) is 3.10. The molecule has 2 aromatic heterocycles. The van der Waals surface area contributed by atoms with Crippen molar-refractivity contribution >= 4 is 5.91 Å². The number of aryl methyl sites for hydroxylation is 2. The van der Waals surface area contributed by atoms with Crippen molar-refractivity contribution in [2.45, 2.75) is 26.8 Å². The Kier molecular flexibility index (Phi) is 5.51. The van der Waals surface area contributed by atoms with Crippen molar-refractivity contribution < 1.29 is 19.0 Å². The van der Waals surface area contributed by atoms with Gasteiger partial charge in [0.1, 0.15) is 13.2 Å². The standard InChI is InChI=1S/C21H23N5O4/c1-13-10-14(2)26(25-13)19-6-7-21(24-23-19)30-12-20(27)22-15(3)16-4-5-17-18(11-16)29-9-8-28-17/h4-7,10-11,15H,8-9,12H2,1-3H3,(H,22,27). The highest BCUT2D eigenvalue weighted by Crippen LogP contribution is 2.32. The molecule has 1 aliphatic heterocycles. The molecule has 1 unspecified atom stereocenters. The van der Waals surface area contributed by atoms with E-state index in [0.717, 1.165) is 17.0 Å². The van der Waals surface area contributed by atoms with E-state index >= 15 is 0 Å². The first-order valence-corrected chi connectivity index (χ1v) is 9.68. The maximum atomic E-state index is 12.3. The van der Waals surface area contributed by atoms with Gasteiger partial charge in [0.25, 0.3) is 5.91 Å². The molecule has 3 aromatic rings. The van der Waals surface area contributed by atoms with Crippen molar-refractivity contribution in [3.63, 3.8) is 0 Å². The number of rotatable bonds is 6. The number of fused-ring (bicyclic) bond motifs is 1. The zero-order chi connectivity index (χ0) is 21.1. The lowest BCUT2D eigenvalue weighted by Crippen LogP contribution is -2.31. The SMILES string of the molecule is Cc1cc(C)n(-c2ccc(OCC(=O)NC(C)c3ccc4c(c3)OCCO4)nn2)n1. The number of nitrogens with one attached hydrogen (secondary N) is 1. The van der Waals surface area contributed by atoms with Gasteiger partial charge in [0, 0.05) is 11.8 Å². The van der Waals surface area contributed by atoms with Crippen LogP contribution in [0.1, 0.15) is 29.9 Å². The van der Waals surface area contributed by atoms with Crippen molar-refractivity contribution in [3.05, 3.63) is 53.3 Å². The minimum atomic E-state index is -0.262. The second-order valence-corrected chi connectivity index (χ2v) is 7.05. The smallest absolute Gasteiger partial charge is 0.258 e. The van der Waals surface area contributed by atoms with Gasteiger partial charge in [0.15, 0.2) is 23.9 Å². The minimum Gasteiger partial charge on any atom is -0.486 e. The van der Waals surface area contributed by atoms with Gasteiger partial charge in [-0.15, -0.1) is 10.2 Å². The third kappa shape index (κ3) is 4.35. The number of carbonyl (C=O) groups is 1. The molecule has 0 radical (unpaired) electrons. The van der Waals surface area contributed by atoms with Crippen LogP contribution >= 0.6 is 0 Å². The first-order valence-electron chi connectivity index (χ1n) is 9.68. The summed E-state index contributed by atoms with van der Waals surface area (Å²) in [6.45, 7) is 6.65. The zero-order valence-corrected chi connectivity index (χ0v) is 17.1. The van der Waals surface area contributed by atoms with Gasteiger partial charge in [-0.05, 0) is 50.6 Å². The predicted molar refractivity (Wildman–Crippen MR) is 108 cm³/mol. The first-order chi connectivity index (χ1) is 14.5. The molecule has 0 saturated carbocycles.